The zero-order valence-electron chi connectivity index (χ0n) is 12.5. The first kappa shape index (κ1) is 16.8. The van der Waals surface area contributed by atoms with E-state index >= 15 is 0 Å². The van der Waals surface area contributed by atoms with E-state index in [-0.39, 0.29) is 5.56 Å². The number of rotatable bonds is 6. The van der Waals surface area contributed by atoms with Crippen LogP contribution in [0, 0.1) is 17.6 Å². The van der Waals surface area contributed by atoms with Crippen LogP contribution in [0.3, 0.4) is 0 Å². The molecule has 21 heavy (non-hydrogen) atoms. The second kappa shape index (κ2) is 8.20. The predicted octanol–water partition coefficient (Wildman–Crippen LogP) is 3.94. The molecule has 0 spiro atoms. The van der Waals surface area contributed by atoms with Gasteiger partial charge in [-0.1, -0.05) is 6.92 Å². The molecule has 2 nitrogen and oxygen atoms in total. The van der Waals surface area contributed by atoms with Crippen LogP contribution in [0.4, 0.5) is 8.78 Å². The lowest BCUT2D eigenvalue weighted by Crippen LogP contribution is -2.37. The standard InChI is InChI=1S/C16H23BrF2N2/c1-2-7-20-10-12-5-8-21(9-6-12)11-13-15(18)4-3-14(17)16(13)19/h3-4,12,20H,2,5-11H2,1H3. The van der Waals surface area contributed by atoms with Crippen LogP contribution in [0.2, 0.25) is 0 Å². The lowest BCUT2D eigenvalue weighted by Gasteiger charge is -2.32. The Labute approximate surface area is 134 Å². The van der Waals surface area contributed by atoms with Crippen LogP contribution in [0.25, 0.3) is 0 Å². The Morgan fingerprint density at radius 3 is 2.67 bits per heavy atom. The minimum atomic E-state index is -0.471. The highest BCUT2D eigenvalue weighted by Gasteiger charge is 2.21. The fraction of sp³-hybridized carbons (Fsp3) is 0.625. The fourth-order valence-electron chi connectivity index (χ4n) is 2.77. The molecule has 1 fully saturated rings. The van der Waals surface area contributed by atoms with Crippen molar-refractivity contribution in [1.29, 1.82) is 0 Å². The summed E-state index contributed by atoms with van der Waals surface area (Å²) in [5.41, 5.74) is 0.173. The summed E-state index contributed by atoms with van der Waals surface area (Å²) in [5.74, 6) is -0.242. The molecule has 0 atom stereocenters. The number of hydrogen-bond donors (Lipinski definition) is 1. The van der Waals surface area contributed by atoms with Gasteiger partial charge in [0.2, 0.25) is 0 Å². The maximum Gasteiger partial charge on any atom is 0.144 e. The molecule has 0 amide bonds. The molecular formula is C16H23BrF2N2. The maximum atomic E-state index is 14.0. The van der Waals surface area contributed by atoms with E-state index in [2.05, 4.69) is 33.1 Å². The van der Waals surface area contributed by atoms with E-state index in [4.69, 9.17) is 0 Å². The van der Waals surface area contributed by atoms with E-state index in [0.717, 1.165) is 45.4 Å². The number of halogens is 3. The Balaban J connectivity index is 1.85. The molecule has 1 aromatic carbocycles. The van der Waals surface area contributed by atoms with Crippen molar-refractivity contribution >= 4 is 15.9 Å². The summed E-state index contributed by atoms with van der Waals surface area (Å²) < 4.78 is 28.1. The van der Waals surface area contributed by atoms with Crippen LogP contribution < -0.4 is 5.32 Å². The third-order valence-corrected chi connectivity index (χ3v) is 4.70. The molecule has 2 rings (SSSR count). The highest BCUT2D eigenvalue weighted by Crippen LogP contribution is 2.25. The molecule has 1 aliphatic heterocycles. The molecule has 0 saturated carbocycles. The number of nitrogens with zero attached hydrogens (tertiary/aromatic N) is 1. The van der Waals surface area contributed by atoms with Gasteiger partial charge in [-0.3, -0.25) is 4.90 Å². The molecule has 1 aromatic rings. The van der Waals surface area contributed by atoms with E-state index in [1.54, 1.807) is 0 Å². The molecule has 0 aromatic heterocycles. The van der Waals surface area contributed by atoms with Gasteiger partial charge in [0.1, 0.15) is 11.6 Å². The molecule has 1 heterocycles. The zero-order chi connectivity index (χ0) is 15.2. The topological polar surface area (TPSA) is 15.3 Å². The van der Waals surface area contributed by atoms with Gasteiger partial charge < -0.3 is 5.32 Å². The summed E-state index contributed by atoms with van der Waals surface area (Å²) in [4.78, 5) is 2.14. The molecular weight excluding hydrogens is 338 g/mol. The van der Waals surface area contributed by atoms with Gasteiger partial charge in [-0.25, -0.2) is 8.78 Å². The highest BCUT2D eigenvalue weighted by molar-refractivity contribution is 9.10. The molecule has 1 N–H and O–H groups in total. The molecule has 0 unspecified atom stereocenters. The fourth-order valence-corrected chi connectivity index (χ4v) is 3.14. The first-order chi connectivity index (χ1) is 10.1. The van der Waals surface area contributed by atoms with Crippen molar-refractivity contribution in [1.82, 2.24) is 10.2 Å². The van der Waals surface area contributed by atoms with Crippen LogP contribution in [0.15, 0.2) is 16.6 Å². The molecule has 0 aliphatic carbocycles. The summed E-state index contributed by atoms with van der Waals surface area (Å²) in [5, 5.41) is 3.45. The third kappa shape index (κ3) is 4.73. The highest BCUT2D eigenvalue weighted by atomic mass is 79.9. The first-order valence-corrected chi connectivity index (χ1v) is 8.46. The largest absolute Gasteiger partial charge is 0.316 e. The van der Waals surface area contributed by atoms with Crippen molar-refractivity contribution in [2.75, 3.05) is 26.2 Å². The van der Waals surface area contributed by atoms with E-state index in [0.29, 0.717) is 16.9 Å². The molecule has 1 aliphatic rings. The molecule has 0 radical (unpaired) electrons. The first-order valence-electron chi connectivity index (χ1n) is 7.67. The van der Waals surface area contributed by atoms with Crippen molar-refractivity contribution in [3.63, 3.8) is 0 Å². The van der Waals surface area contributed by atoms with Crippen molar-refractivity contribution in [2.24, 2.45) is 5.92 Å². The van der Waals surface area contributed by atoms with Crippen LogP contribution in [-0.4, -0.2) is 31.1 Å². The van der Waals surface area contributed by atoms with Crippen LogP contribution in [0.1, 0.15) is 31.7 Å². The van der Waals surface area contributed by atoms with Gasteiger partial charge in [-0.15, -0.1) is 0 Å². The second-order valence-corrected chi connectivity index (χ2v) is 6.60. The monoisotopic (exact) mass is 360 g/mol. The number of piperidine rings is 1. The quantitative estimate of drug-likeness (QED) is 0.610. The van der Waals surface area contributed by atoms with E-state index < -0.39 is 11.6 Å². The lowest BCUT2D eigenvalue weighted by molar-refractivity contribution is 0.172. The van der Waals surface area contributed by atoms with Crippen LogP contribution in [-0.2, 0) is 6.54 Å². The van der Waals surface area contributed by atoms with Gasteiger partial charge in [-0.2, -0.15) is 0 Å². The molecule has 118 valence electrons. The maximum absolute atomic E-state index is 14.0. The minimum absolute atomic E-state index is 0.173. The van der Waals surface area contributed by atoms with Crippen molar-refractivity contribution < 1.29 is 8.78 Å². The van der Waals surface area contributed by atoms with Crippen molar-refractivity contribution in [3.8, 4) is 0 Å². The second-order valence-electron chi connectivity index (χ2n) is 5.75. The van der Waals surface area contributed by atoms with Gasteiger partial charge in [0.15, 0.2) is 0 Å². The minimum Gasteiger partial charge on any atom is -0.316 e. The van der Waals surface area contributed by atoms with Crippen LogP contribution >= 0.6 is 15.9 Å². The van der Waals surface area contributed by atoms with E-state index in [9.17, 15) is 8.78 Å². The van der Waals surface area contributed by atoms with Crippen molar-refractivity contribution in [2.45, 2.75) is 32.7 Å². The average molecular weight is 361 g/mol. The normalized spacial score (nSPS) is 17.3. The summed E-state index contributed by atoms with van der Waals surface area (Å²) in [6.45, 7) is 6.45. The molecule has 0 bridgehead atoms. The Hall–Kier alpha value is -0.520. The third-order valence-electron chi connectivity index (χ3n) is 4.09. The zero-order valence-corrected chi connectivity index (χ0v) is 14.1. The van der Waals surface area contributed by atoms with E-state index in [1.807, 2.05) is 0 Å². The Bertz CT molecular complexity index is 460. The number of benzene rings is 1. The SMILES string of the molecule is CCCNCC1CCN(Cc2c(F)ccc(Br)c2F)CC1. The van der Waals surface area contributed by atoms with E-state index in [1.165, 1.54) is 12.1 Å². The van der Waals surface area contributed by atoms with Gasteiger partial charge in [0, 0.05) is 12.1 Å². The van der Waals surface area contributed by atoms with Gasteiger partial charge in [-0.05, 0) is 79.4 Å². The lowest BCUT2D eigenvalue weighted by atomic mass is 9.96. The predicted molar refractivity (Wildman–Crippen MR) is 85.2 cm³/mol. The average Bonchev–Trinajstić information content (AvgIpc) is 2.49. The summed E-state index contributed by atoms with van der Waals surface area (Å²) in [7, 11) is 0. The van der Waals surface area contributed by atoms with Crippen molar-refractivity contribution in [3.05, 3.63) is 33.8 Å². The number of nitrogens with one attached hydrogen (secondary N) is 1. The van der Waals surface area contributed by atoms with Gasteiger partial charge in [0.25, 0.3) is 0 Å². The molecule has 5 heteroatoms. The number of hydrogen-bond acceptors (Lipinski definition) is 2. The summed E-state index contributed by atoms with van der Waals surface area (Å²) in [6, 6.07) is 2.74. The summed E-state index contributed by atoms with van der Waals surface area (Å²) >= 11 is 3.12. The Morgan fingerprint density at radius 2 is 2.00 bits per heavy atom. The van der Waals surface area contributed by atoms with Gasteiger partial charge >= 0.3 is 0 Å². The van der Waals surface area contributed by atoms with Gasteiger partial charge in [0.05, 0.1) is 4.47 Å². The summed E-state index contributed by atoms with van der Waals surface area (Å²) in [6.07, 6.45) is 3.34. The Kier molecular flexibility index (Phi) is 6.58. The number of likely N-dealkylation sites (tertiary alicyclic amines) is 1. The smallest absolute Gasteiger partial charge is 0.144 e. The Morgan fingerprint density at radius 1 is 1.29 bits per heavy atom. The van der Waals surface area contributed by atoms with Crippen LogP contribution in [0.5, 0.6) is 0 Å². The molecule has 1 saturated heterocycles.